The standard InChI is InChI=1S/C18H27N/c1-2-19-13-15-9-6-12-17(15)18-11-4-3-10-16(18)14-7-5-8-14/h3-4,10-11,14-15,17,19H,2,5-9,12-13H2,1H3. The van der Waals surface area contributed by atoms with Gasteiger partial charge in [-0.25, -0.2) is 0 Å². The highest BCUT2D eigenvalue weighted by molar-refractivity contribution is 5.35. The quantitative estimate of drug-likeness (QED) is 0.822. The highest BCUT2D eigenvalue weighted by Gasteiger charge is 2.32. The highest BCUT2D eigenvalue weighted by Crippen LogP contribution is 2.45. The molecule has 2 fully saturated rings. The van der Waals surface area contributed by atoms with Crippen molar-refractivity contribution in [2.45, 2.75) is 57.3 Å². The third kappa shape index (κ3) is 2.72. The minimum Gasteiger partial charge on any atom is -0.317 e. The van der Waals surface area contributed by atoms with E-state index in [1.54, 1.807) is 11.1 Å². The van der Waals surface area contributed by atoms with Gasteiger partial charge < -0.3 is 5.32 Å². The Labute approximate surface area is 117 Å². The molecule has 0 spiro atoms. The lowest BCUT2D eigenvalue weighted by Gasteiger charge is -2.31. The van der Waals surface area contributed by atoms with Crippen molar-refractivity contribution in [3.63, 3.8) is 0 Å². The molecule has 1 N–H and O–H groups in total. The molecule has 0 radical (unpaired) electrons. The van der Waals surface area contributed by atoms with E-state index in [2.05, 4.69) is 36.5 Å². The maximum Gasteiger partial charge on any atom is -0.00148 e. The van der Waals surface area contributed by atoms with Gasteiger partial charge in [-0.15, -0.1) is 0 Å². The Balaban J connectivity index is 1.80. The first-order valence-electron chi connectivity index (χ1n) is 8.19. The number of hydrogen-bond donors (Lipinski definition) is 1. The minimum absolute atomic E-state index is 0.816. The summed E-state index contributed by atoms with van der Waals surface area (Å²) in [5.41, 5.74) is 3.37. The normalized spacial score (nSPS) is 27.4. The molecule has 3 rings (SSSR count). The first kappa shape index (κ1) is 13.2. The summed E-state index contributed by atoms with van der Waals surface area (Å²) in [5.74, 6) is 2.55. The van der Waals surface area contributed by atoms with Crippen LogP contribution in [0.4, 0.5) is 0 Å². The fourth-order valence-electron chi connectivity index (χ4n) is 3.96. The minimum atomic E-state index is 0.816. The van der Waals surface area contributed by atoms with E-state index in [9.17, 15) is 0 Å². The Morgan fingerprint density at radius 3 is 2.42 bits per heavy atom. The molecule has 2 unspecified atom stereocenters. The van der Waals surface area contributed by atoms with Gasteiger partial charge in [-0.05, 0) is 67.7 Å². The number of benzene rings is 1. The lowest BCUT2D eigenvalue weighted by Crippen LogP contribution is -2.25. The SMILES string of the molecule is CCNCC1CCCC1c1ccccc1C1CCC1. The third-order valence-corrected chi connectivity index (χ3v) is 5.26. The van der Waals surface area contributed by atoms with Crippen LogP contribution in [0.2, 0.25) is 0 Å². The first-order chi connectivity index (χ1) is 9.40. The molecule has 0 aromatic heterocycles. The van der Waals surface area contributed by atoms with Crippen molar-refractivity contribution in [2.75, 3.05) is 13.1 Å². The van der Waals surface area contributed by atoms with Crippen LogP contribution in [-0.2, 0) is 0 Å². The van der Waals surface area contributed by atoms with Crippen LogP contribution in [0.15, 0.2) is 24.3 Å². The fourth-order valence-corrected chi connectivity index (χ4v) is 3.96. The summed E-state index contributed by atoms with van der Waals surface area (Å²) >= 11 is 0. The molecule has 2 saturated carbocycles. The lowest BCUT2D eigenvalue weighted by atomic mass is 9.74. The van der Waals surface area contributed by atoms with Crippen molar-refractivity contribution in [3.05, 3.63) is 35.4 Å². The van der Waals surface area contributed by atoms with Crippen LogP contribution in [0.5, 0.6) is 0 Å². The molecule has 0 aliphatic heterocycles. The van der Waals surface area contributed by atoms with Gasteiger partial charge in [0.1, 0.15) is 0 Å². The number of nitrogens with one attached hydrogen (secondary N) is 1. The van der Waals surface area contributed by atoms with Crippen molar-refractivity contribution in [2.24, 2.45) is 5.92 Å². The molecule has 1 heteroatoms. The second-order valence-electron chi connectivity index (χ2n) is 6.36. The lowest BCUT2D eigenvalue weighted by molar-refractivity contribution is 0.404. The van der Waals surface area contributed by atoms with E-state index < -0.39 is 0 Å². The summed E-state index contributed by atoms with van der Waals surface area (Å²) in [4.78, 5) is 0. The maximum absolute atomic E-state index is 3.57. The molecule has 19 heavy (non-hydrogen) atoms. The van der Waals surface area contributed by atoms with Crippen LogP contribution in [0, 0.1) is 5.92 Å². The van der Waals surface area contributed by atoms with Crippen molar-refractivity contribution >= 4 is 0 Å². The first-order valence-corrected chi connectivity index (χ1v) is 8.19. The van der Waals surface area contributed by atoms with E-state index in [-0.39, 0.29) is 0 Å². The van der Waals surface area contributed by atoms with E-state index >= 15 is 0 Å². The number of hydrogen-bond acceptors (Lipinski definition) is 1. The summed E-state index contributed by atoms with van der Waals surface area (Å²) in [5, 5.41) is 3.57. The van der Waals surface area contributed by atoms with Crippen LogP contribution in [0.1, 0.15) is 68.4 Å². The van der Waals surface area contributed by atoms with Crippen molar-refractivity contribution < 1.29 is 0 Å². The van der Waals surface area contributed by atoms with Gasteiger partial charge in [0.05, 0.1) is 0 Å². The second-order valence-corrected chi connectivity index (χ2v) is 6.36. The van der Waals surface area contributed by atoms with Gasteiger partial charge in [0.15, 0.2) is 0 Å². The molecule has 1 aromatic carbocycles. The van der Waals surface area contributed by atoms with Gasteiger partial charge in [-0.2, -0.15) is 0 Å². The Bertz CT molecular complexity index is 408. The molecule has 0 amide bonds. The molecule has 2 aliphatic carbocycles. The molecule has 2 aliphatic rings. The van der Waals surface area contributed by atoms with Crippen molar-refractivity contribution in [1.29, 1.82) is 0 Å². The summed E-state index contributed by atoms with van der Waals surface area (Å²) < 4.78 is 0. The predicted molar refractivity (Wildman–Crippen MR) is 81.7 cm³/mol. The van der Waals surface area contributed by atoms with Crippen LogP contribution < -0.4 is 5.32 Å². The van der Waals surface area contributed by atoms with E-state index in [0.717, 1.165) is 24.3 Å². The predicted octanol–water partition coefficient (Wildman–Crippen LogP) is 4.45. The van der Waals surface area contributed by atoms with Gasteiger partial charge in [-0.1, -0.05) is 44.0 Å². The van der Waals surface area contributed by atoms with Crippen LogP contribution in [-0.4, -0.2) is 13.1 Å². The molecule has 2 atom stereocenters. The highest BCUT2D eigenvalue weighted by atomic mass is 14.8. The molecule has 1 aromatic rings. The smallest absolute Gasteiger partial charge is 0.00148 e. The van der Waals surface area contributed by atoms with Gasteiger partial charge in [0.2, 0.25) is 0 Å². The van der Waals surface area contributed by atoms with E-state index in [1.807, 2.05) is 0 Å². The monoisotopic (exact) mass is 257 g/mol. The Kier molecular flexibility index (Phi) is 4.22. The Morgan fingerprint density at radius 1 is 1.00 bits per heavy atom. The topological polar surface area (TPSA) is 12.0 Å². The molecular formula is C18H27N. The van der Waals surface area contributed by atoms with E-state index in [1.165, 1.54) is 45.1 Å². The largest absolute Gasteiger partial charge is 0.317 e. The zero-order valence-electron chi connectivity index (χ0n) is 12.2. The van der Waals surface area contributed by atoms with Crippen molar-refractivity contribution in [3.8, 4) is 0 Å². The van der Waals surface area contributed by atoms with Gasteiger partial charge in [0.25, 0.3) is 0 Å². The van der Waals surface area contributed by atoms with Crippen LogP contribution in [0.25, 0.3) is 0 Å². The third-order valence-electron chi connectivity index (χ3n) is 5.26. The van der Waals surface area contributed by atoms with Crippen molar-refractivity contribution in [1.82, 2.24) is 5.32 Å². The summed E-state index contributed by atoms with van der Waals surface area (Å²) in [6.07, 6.45) is 8.50. The molecule has 1 nitrogen and oxygen atoms in total. The second kappa shape index (κ2) is 6.09. The average molecular weight is 257 g/mol. The Hall–Kier alpha value is -0.820. The average Bonchev–Trinajstić information content (AvgIpc) is 2.83. The summed E-state index contributed by atoms with van der Waals surface area (Å²) in [6, 6.07) is 9.32. The van der Waals surface area contributed by atoms with Gasteiger partial charge in [0, 0.05) is 0 Å². The number of rotatable bonds is 5. The fraction of sp³-hybridized carbons (Fsp3) is 0.667. The zero-order chi connectivity index (χ0) is 13.1. The van der Waals surface area contributed by atoms with Crippen LogP contribution >= 0.6 is 0 Å². The van der Waals surface area contributed by atoms with E-state index in [4.69, 9.17) is 0 Å². The molecule has 0 heterocycles. The molecule has 0 bridgehead atoms. The van der Waals surface area contributed by atoms with Crippen LogP contribution in [0.3, 0.4) is 0 Å². The summed E-state index contributed by atoms with van der Waals surface area (Å²) in [6.45, 7) is 4.53. The molecule has 0 saturated heterocycles. The Morgan fingerprint density at radius 2 is 1.74 bits per heavy atom. The molecule has 104 valence electrons. The van der Waals surface area contributed by atoms with E-state index in [0.29, 0.717) is 0 Å². The molecular weight excluding hydrogens is 230 g/mol. The van der Waals surface area contributed by atoms with Gasteiger partial charge >= 0.3 is 0 Å². The summed E-state index contributed by atoms with van der Waals surface area (Å²) in [7, 11) is 0. The zero-order valence-corrected chi connectivity index (χ0v) is 12.2. The van der Waals surface area contributed by atoms with Gasteiger partial charge in [-0.3, -0.25) is 0 Å². The maximum atomic E-state index is 3.57.